The lowest BCUT2D eigenvalue weighted by atomic mass is 10.0. The lowest BCUT2D eigenvalue weighted by Gasteiger charge is -2.29. The Morgan fingerprint density at radius 3 is 2.62 bits per heavy atom. The Bertz CT molecular complexity index is 1270. The maximum absolute atomic E-state index is 13.0. The first-order valence-electron chi connectivity index (χ1n) is 10.2. The van der Waals surface area contributed by atoms with Gasteiger partial charge in [-0.05, 0) is 53.6 Å². The van der Waals surface area contributed by atoms with E-state index in [0.29, 0.717) is 36.9 Å². The molecule has 0 bridgehead atoms. The summed E-state index contributed by atoms with van der Waals surface area (Å²) >= 11 is 3.43. The normalized spacial score (nSPS) is 17.7. The first kappa shape index (κ1) is 19.4. The zero-order valence-electron chi connectivity index (χ0n) is 17.0. The highest BCUT2D eigenvalue weighted by Crippen LogP contribution is 2.42. The van der Waals surface area contributed by atoms with Gasteiger partial charge in [-0.3, -0.25) is 9.69 Å². The zero-order chi connectivity index (χ0) is 21.7. The average Bonchev–Trinajstić information content (AvgIpc) is 3.40. The van der Waals surface area contributed by atoms with Gasteiger partial charge in [-0.1, -0.05) is 34.1 Å². The maximum atomic E-state index is 13.0. The van der Waals surface area contributed by atoms with E-state index in [1.54, 1.807) is 12.1 Å². The number of ether oxygens (including phenoxy) is 4. The number of hydrogen-bond acceptors (Lipinski definition) is 6. The quantitative estimate of drug-likeness (QED) is 0.472. The molecule has 0 saturated carbocycles. The van der Waals surface area contributed by atoms with Gasteiger partial charge in [0.15, 0.2) is 17.3 Å². The number of fused-ring (bicyclic) bond motifs is 4. The van der Waals surface area contributed by atoms with Crippen molar-refractivity contribution >= 4 is 27.8 Å². The molecule has 0 aliphatic carbocycles. The molecule has 7 heteroatoms. The maximum Gasteiger partial charge on any atom is 0.231 e. The predicted molar refractivity (Wildman–Crippen MR) is 121 cm³/mol. The van der Waals surface area contributed by atoms with Gasteiger partial charge in [-0.25, -0.2) is 0 Å². The van der Waals surface area contributed by atoms with Crippen LogP contribution < -0.4 is 18.9 Å². The Labute approximate surface area is 193 Å². The van der Waals surface area contributed by atoms with Gasteiger partial charge in [0.05, 0.1) is 11.1 Å². The number of ketones is 1. The van der Waals surface area contributed by atoms with Crippen LogP contribution in [0.25, 0.3) is 6.08 Å². The third-order valence-corrected chi connectivity index (χ3v) is 6.22. The highest BCUT2D eigenvalue weighted by molar-refractivity contribution is 9.10. The molecular weight excluding hydrogens is 474 g/mol. The number of nitrogens with zero attached hydrogens (tertiary/aromatic N) is 1. The molecule has 0 radical (unpaired) electrons. The Balaban J connectivity index is 1.26. The molecule has 3 aliphatic rings. The van der Waals surface area contributed by atoms with Crippen LogP contribution in [0.4, 0.5) is 0 Å². The SMILES string of the molecule is O=C1/C(=C/c2ccc(Br)cc2)Oc2c1ccc1c2CN(Cc2ccc3c(c2)OCO3)CO1. The van der Waals surface area contributed by atoms with Gasteiger partial charge < -0.3 is 18.9 Å². The number of rotatable bonds is 3. The third-order valence-electron chi connectivity index (χ3n) is 5.69. The van der Waals surface area contributed by atoms with Gasteiger partial charge >= 0.3 is 0 Å². The van der Waals surface area contributed by atoms with Crippen LogP contribution in [0.2, 0.25) is 0 Å². The Morgan fingerprint density at radius 1 is 0.938 bits per heavy atom. The standard InChI is InChI=1S/C25H18BrNO5/c26-17-4-1-15(2-5-17)9-23-24(28)18-6-8-20-19(25(18)32-23)12-27(13-29-20)11-16-3-7-21-22(10-16)31-14-30-21/h1-10H,11-14H2/b23-9-. The predicted octanol–water partition coefficient (Wildman–Crippen LogP) is 5.15. The van der Waals surface area contributed by atoms with Gasteiger partial charge in [-0.2, -0.15) is 0 Å². The lowest BCUT2D eigenvalue weighted by Crippen LogP contribution is -2.31. The molecule has 0 saturated heterocycles. The van der Waals surface area contributed by atoms with Crippen molar-refractivity contribution in [2.24, 2.45) is 0 Å². The molecule has 0 atom stereocenters. The van der Waals surface area contributed by atoms with Crippen LogP contribution >= 0.6 is 15.9 Å². The average molecular weight is 492 g/mol. The fourth-order valence-corrected chi connectivity index (χ4v) is 4.38. The monoisotopic (exact) mass is 491 g/mol. The van der Waals surface area contributed by atoms with Crippen molar-refractivity contribution in [3.8, 4) is 23.0 Å². The van der Waals surface area contributed by atoms with Crippen molar-refractivity contribution in [1.82, 2.24) is 4.90 Å². The van der Waals surface area contributed by atoms with Crippen molar-refractivity contribution in [2.75, 3.05) is 13.5 Å². The molecule has 160 valence electrons. The summed E-state index contributed by atoms with van der Waals surface area (Å²) in [4.78, 5) is 15.1. The summed E-state index contributed by atoms with van der Waals surface area (Å²) in [5.74, 6) is 3.08. The van der Waals surface area contributed by atoms with Crippen molar-refractivity contribution in [3.63, 3.8) is 0 Å². The molecule has 32 heavy (non-hydrogen) atoms. The van der Waals surface area contributed by atoms with Crippen molar-refractivity contribution < 1.29 is 23.7 Å². The zero-order valence-corrected chi connectivity index (χ0v) is 18.6. The molecule has 3 aromatic carbocycles. The minimum Gasteiger partial charge on any atom is -0.478 e. The Hall–Kier alpha value is -3.29. The molecule has 6 nitrogen and oxygen atoms in total. The van der Waals surface area contributed by atoms with E-state index >= 15 is 0 Å². The Morgan fingerprint density at radius 2 is 1.75 bits per heavy atom. The molecule has 0 fully saturated rings. The number of hydrogen-bond donors (Lipinski definition) is 0. The van der Waals surface area contributed by atoms with E-state index < -0.39 is 0 Å². The molecule has 3 heterocycles. The first-order valence-corrected chi connectivity index (χ1v) is 11.0. The van der Waals surface area contributed by atoms with Gasteiger partial charge in [0.25, 0.3) is 0 Å². The van der Waals surface area contributed by atoms with Gasteiger partial charge in [0.1, 0.15) is 18.2 Å². The molecule has 3 aromatic rings. The van der Waals surface area contributed by atoms with Crippen molar-refractivity contribution in [2.45, 2.75) is 13.1 Å². The van der Waals surface area contributed by atoms with Gasteiger partial charge in [-0.15, -0.1) is 0 Å². The third kappa shape index (κ3) is 3.43. The van der Waals surface area contributed by atoms with Crippen molar-refractivity contribution in [1.29, 1.82) is 0 Å². The fourth-order valence-electron chi connectivity index (χ4n) is 4.11. The molecule has 0 spiro atoms. The largest absolute Gasteiger partial charge is 0.478 e. The van der Waals surface area contributed by atoms with Gasteiger partial charge in [0, 0.05) is 17.6 Å². The van der Waals surface area contributed by atoms with Crippen LogP contribution in [0.3, 0.4) is 0 Å². The topological polar surface area (TPSA) is 57.2 Å². The van der Waals surface area contributed by atoms with E-state index in [9.17, 15) is 4.79 Å². The molecule has 0 N–H and O–H groups in total. The summed E-state index contributed by atoms with van der Waals surface area (Å²) in [5.41, 5.74) is 3.46. The van der Waals surface area contributed by atoms with E-state index in [1.807, 2.05) is 48.5 Å². The van der Waals surface area contributed by atoms with Gasteiger partial charge in [0.2, 0.25) is 12.6 Å². The minimum atomic E-state index is -0.112. The van der Waals surface area contributed by atoms with E-state index in [4.69, 9.17) is 18.9 Å². The summed E-state index contributed by atoms with van der Waals surface area (Å²) in [6, 6.07) is 17.3. The molecular formula is C25H18BrNO5. The summed E-state index contributed by atoms with van der Waals surface area (Å²) in [7, 11) is 0. The molecule has 3 aliphatic heterocycles. The molecule has 0 aromatic heterocycles. The summed E-state index contributed by atoms with van der Waals surface area (Å²) in [6.07, 6.45) is 1.77. The number of carbonyl (C=O) groups is 1. The van der Waals surface area contributed by atoms with Crippen LogP contribution in [0.15, 0.2) is 64.8 Å². The van der Waals surface area contributed by atoms with Crippen LogP contribution in [-0.4, -0.2) is 24.2 Å². The summed E-state index contributed by atoms with van der Waals surface area (Å²) < 4.78 is 23.9. The van der Waals surface area contributed by atoms with E-state index in [0.717, 1.165) is 38.4 Å². The molecule has 0 amide bonds. The van der Waals surface area contributed by atoms with Crippen LogP contribution in [0.1, 0.15) is 27.0 Å². The number of halogens is 1. The smallest absolute Gasteiger partial charge is 0.231 e. The van der Waals surface area contributed by atoms with E-state index in [2.05, 4.69) is 20.8 Å². The van der Waals surface area contributed by atoms with Crippen LogP contribution in [0, 0.1) is 0 Å². The molecule has 0 unspecified atom stereocenters. The Kier molecular flexibility index (Phi) is 4.66. The van der Waals surface area contributed by atoms with E-state index in [1.165, 1.54) is 0 Å². The second kappa shape index (κ2) is 7.69. The second-order valence-corrected chi connectivity index (χ2v) is 8.77. The minimum absolute atomic E-state index is 0.112. The van der Waals surface area contributed by atoms with Crippen LogP contribution in [0.5, 0.6) is 23.0 Å². The first-order chi connectivity index (χ1) is 15.6. The van der Waals surface area contributed by atoms with Crippen LogP contribution in [-0.2, 0) is 13.1 Å². The van der Waals surface area contributed by atoms with E-state index in [-0.39, 0.29) is 12.6 Å². The molecule has 6 rings (SSSR count). The highest BCUT2D eigenvalue weighted by atomic mass is 79.9. The number of allylic oxidation sites excluding steroid dienone is 1. The number of benzene rings is 3. The van der Waals surface area contributed by atoms with Crippen molar-refractivity contribution in [3.05, 3.63) is 87.1 Å². The number of carbonyl (C=O) groups excluding carboxylic acids is 1. The summed E-state index contributed by atoms with van der Waals surface area (Å²) in [5, 5.41) is 0. The lowest BCUT2D eigenvalue weighted by molar-refractivity contribution is 0.0872. The summed E-state index contributed by atoms with van der Waals surface area (Å²) in [6.45, 7) is 2.00. The number of Topliss-reactive ketones (excluding diaryl/α,β-unsaturated/α-hetero) is 1. The second-order valence-electron chi connectivity index (χ2n) is 7.86. The fraction of sp³-hybridized carbons (Fsp3) is 0.160. The highest BCUT2D eigenvalue weighted by Gasteiger charge is 2.33.